The Labute approximate surface area is 166 Å². The molecule has 0 amide bonds. The predicted molar refractivity (Wildman–Crippen MR) is 113 cm³/mol. The molecule has 3 aromatic carbocycles. The second-order valence-corrected chi connectivity index (χ2v) is 7.64. The van der Waals surface area contributed by atoms with Crippen LogP contribution in [0, 0.1) is 6.92 Å². The van der Waals surface area contributed by atoms with Gasteiger partial charge in [-0.15, -0.1) is 0 Å². The number of aromatic nitrogens is 2. The number of hydrogen-bond donors (Lipinski definition) is 0. The van der Waals surface area contributed by atoms with Gasteiger partial charge in [-0.1, -0.05) is 71.9 Å². The number of aryl methyl sites for hydroxylation is 1. The standard InChI is InChI=1S/C22H17ClN2OS/c1-15-7-5-6-10-20(15)25-21(26)18-12-11-17(23)13-19(18)24-22(25)27-14-16-8-3-2-4-9-16/h2-13H,14H2,1H3. The van der Waals surface area contributed by atoms with Gasteiger partial charge >= 0.3 is 0 Å². The Hall–Kier alpha value is -2.56. The smallest absolute Gasteiger partial charge is 0.266 e. The lowest BCUT2D eigenvalue weighted by atomic mass is 10.2. The van der Waals surface area contributed by atoms with Crippen LogP contribution in [0.1, 0.15) is 11.1 Å². The van der Waals surface area contributed by atoms with Crippen LogP contribution >= 0.6 is 23.4 Å². The van der Waals surface area contributed by atoms with Gasteiger partial charge in [-0.05, 0) is 42.3 Å². The van der Waals surface area contributed by atoms with E-state index in [0.717, 1.165) is 17.0 Å². The van der Waals surface area contributed by atoms with E-state index in [0.29, 0.717) is 21.1 Å². The Balaban J connectivity index is 1.90. The highest BCUT2D eigenvalue weighted by Crippen LogP contribution is 2.26. The van der Waals surface area contributed by atoms with Crippen molar-refractivity contribution in [1.82, 2.24) is 9.55 Å². The van der Waals surface area contributed by atoms with Crippen LogP contribution in [0.2, 0.25) is 5.02 Å². The maximum absolute atomic E-state index is 13.3. The number of hydrogen-bond acceptors (Lipinski definition) is 3. The van der Waals surface area contributed by atoms with E-state index in [1.165, 1.54) is 5.56 Å². The average molecular weight is 393 g/mol. The first kappa shape index (κ1) is 17.8. The van der Waals surface area contributed by atoms with Gasteiger partial charge in [-0.2, -0.15) is 0 Å². The molecule has 1 heterocycles. The van der Waals surface area contributed by atoms with Gasteiger partial charge in [0.2, 0.25) is 0 Å². The van der Waals surface area contributed by atoms with Crippen molar-refractivity contribution in [3.05, 3.63) is 99.3 Å². The van der Waals surface area contributed by atoms with E-state index in [1.807, 2.05) is 49.4 Å². The van der Waals surface area contributed by atoms with Crippen LogP contribution in [-0.2, 0) is 5.75 Å². The van der Waals surface area contributed by atoms with Gasteiger partial charge < -0.3 is 0 Å². The van der Waals surface area contributed by atoms with Gasteiger partial charge in [0.25, 0.3) is 5.56 Å². The highest BCUT2D eigenvalue weighted by molar-refractivity contribution is 7.98. The fourth-order valence-electron chi connectivity index (χ4n) is 2.98. The fraction of sp³-hybridized carbons (Fsp3) is 0.0909. The van der Waals surface area contributed by atoms with Gasteiger partial charge in [0.1, 0.15) is 0 Å². The van der Waals surface area contributed by atoms with Crippen LogP contribution in [0.4, 0.5) is 0 Å². The molecule has 0 aliphatic rings. The summed E-state index contributed by atoms with van der Waals surface area (Å²) in [6.07, 6.45) is 0. The van der Waals surface area contributed by atoms with Crippen molar-refractivity contribution < 1.29 is 0 Å². The number of benzene rings is 3. The second-order valence-electron chi connectivity index (χ2n) is 6.26. The minimum atomic E-state index is -0.0819. The van der Waals surface area contributed by atoms with E-state index in [2.05, 4.69) is 12.1 Å². The van der Waals surface area contributed by atoms with Crippen molar-refractivity contribution >= 4 is 34.3 Å². The summed E-state index contributed by atoms with van der Waals surface area (Å²) in [6.45, 7) is 2.00. The summed E-state index contributed by atoms with van der Waals surface area (Å²) in [4.78, 5) is 18.1. The number of nitrogens with zero attached hydrogens (tertiary/aromatic N) is 2. The SMILES string of the molecule is Cc1ccccc1-n1c(SCc2ccccc2)nc2cc(Cl)ccc2c1=O. The number of rotatable bonds is 4. The summed E-state index contributed by atoms with van der Waals surface area (Å²) in [5.41, 5.74) is 3.59. The van der Waals surface area contributed by atoms with Crippen LogP contribution in [0.25, 0.3) is 16.6 Å². The van der Waals surface area contributed by atoms with Gasteiger partial charge in [0.05, 0.1) is 16.6 Å². The summed E-state index contributed by atoms with van der Waals surface area (Å²) in [5.74, 6) is 0.727. The fourth-order valence-corrected chi connectivity index (χ4v) is 4.11. The van der Waals surface area contributed by atoms with Crippen molar-refractivity contribution in [2.24, 2.45) is 0 Å². The van der Waals surface area contributed by atoms with Gasteiger partial charge in [0.15, 0.2) is 5.16 Å². The van der Waals surface area contributed by atoms with E-state index in [4.69, 9.17) is 16.6 Å². The monoisotopic (exact) mass is 392 g/mol. The quantitative estimate of drug-likeness (QED) is 0.333. The Morgan fingerprint density at radius 2 is 1.74 bits per heavy atom. The summed E-state index contributed by atoms with van der Waals surface area (Å²) in [7, 11) is 0. The molecule has 5 heteroatoms. The first-order valence-corrected chi connectivity index (χ1v) is 9.95. The summed E-state index contributed by atoms with van der Waals surface area (Å²) in [6, 6.07) is 23.2. The Morgan fingerprint density at radius 1 is 1.00 bits per heavy atom. The minimum Gasteiger partial charge on any atom is -0.268 e. The van der Waals surface area contributed by atoms with Crippen LogP contribution in [0.5, 0.6) is 0 Å². The molecule has 0 saturated heterocycles. The normalized spacial score (nSPS) is 11.0. The zero-order valence-corrected chi connectivity index (χ0v) is 16.3. The average Bonchev–Trinajstić information content (AvgIpc) is 2.68. The molecule has 0 fully saturated rings. The van der Waals surface area contributed by atoms with Gasteiger partial charge in [-0.25, -0.2) is 4.98 Å². The molecule has 0 aliphatic heterocycles. The molecule has 0 N–H and O–H groups in total. The van der Waals surface area contributed by atoms with Crippen molar-refractivity contribution in [3.8, 4) is 5.69 Å². The summed E-state index contributed by atoms with van der Waals surface area (Å²) >= 11 is 7.67. The van der Waals surface area contributed by atoms with Crippen LogP contribution in [-0.4, -0.2) is 9.55 Å². The van der Waals surface area contributed by atoms with Crippen molar-refractivity contribution in [2.45, 2.75) is 17.8 Å². The molecule has 0 unspecified atom stereocenters. The van der Waals surface area contributed by atoms with Crippen LogP contribution < -0.4 is 5.56 Å². The largest absolute Gasteiger partial charge is 0.268 e. The lowest BCUT2D eigenvalue weighted by molar-refractivity contribution is 0.814. The van der Waals surface area contributed by atoms with Gasteiger partial charge in [0, 0.05) is 10.8 Å². The highest BCUT2D eigenvalue weighted by atomic mass is 35.5. The first-order chi connectivity index (χ1) is 13.1. The molecule has 27 heavy (non-hydrogen) atoms. The molecule has 134 valence electrons. The van der Waals surface area contributed by atoms with E-state index in [9.17, 15) is 4.79 Å². The highest BCUT2D eigenvalue weighted by Gasteiger charge is 2.15. The lowest BCUT2D eigenvalue weighted by Crippen LogP contribution is -2.22. The van der Waals surface area contributed by atoms with E-state index in [-0.39, 0.29) is 5.56 Å². The molecule has 0 radical (unpaired) electrons. The molecule has 0 bridgehead atoms. The maximum Gasteiger partial charge on any atom is 0.266 e. The topological polar surface area (TPSA) is 34.9 Å². The molecule has 0 spiro atoms. The zero-order chi connectivity index (χ0) is 18.8. The Bertz CT molecular complexity index is 1170. The summed E-state index contributed by atoms with van der Waals surface area (Å²) < 4.78 is 1.71. The lowest BCUT2D eigenvalue weighted by Gasteiger charge is -2.15. The molecule has 4 aromatic rings. The number of fused-ring (bicyclic) bond motifs is 1. The molecule has 0 aliphatic carbocycles. The molecule has 4 rings (SSSR count). The molecule has 0 saturated carbocycles. The first-order valence-electron chi connectivity index (χ1n) is 8.58. The number of para-hydroxylation sites is 1. The Kier molecular flexibility index (Phi) is 5.01. The third-order valence-electron chi connectivity index (χ3n) is 4.37. The van der Waals surface area contributed by atoms with Crippen molar-refractivity contribution in [1.29, 1.82) is 0 Å². The third-order valence-corrected chi connectivity index (χ3v) is 5.61. The van der Waals surface area contributed by atoms with Gasteiger partial charge in [-0.3, -0.25) is 9.36 Å². The molecule has 0 atom stereocenters. The van der Waals surface area contributed by atoms with Crippen LogP contribution in [0.3, 0.4) is 0 Å². The molecular formula is C22H17ClN2OS. The number of thioether (sulfide) groups is 1. The van der Waals surface area contributed by atoms with Crippen molar-refractivity contribution in [3.63, 3.8) is 0 Å². The second kappa shape index (κ2) is 7.59. The molecule has 1 aromatic heterocycles. The molecular weight excluding hydrogens is 376 g/mol. The predicted octanol–water partition coefficient (Wildman–Crippen LogP) is 5.64. The zero-order valence-electron chi connectivity index (χ0n) is 14.7. The van der Waals surface area contributed by atoms with E-state index in [1.54, 1.807) is 34.5 Å². The third kappa shape index (κ3) is 3.64. The Morgan fingerprint density at radius 3 is 2.52 bits per heavy atom. The van der Waals surface area contributed by atoms with Crippen molar-refractivity contribution in [2.75, 3.05) is 0 Å². The summed E-state index contributed by atoms with van der Waals surface area (Å²) in [5, 5.41) is 1.79. The minimum absolute atomic E-state index is 0.0819. The molecule has 3 nitrogen and oxygen atoms in total. The maximum atomic E-state index is 13.3. The van der Waals surface area contributed by atoms with E-state index >= 15 is 0 Å². The van der Waals surface area contributed by atoms with Crippen LogP contribution in [0.15, 0.2) is 82.7 Å². The van der Waals surface area contributed by atoms with E-state index < -0.39 is 0 Å². The number of halogens is 1.